The zero-order valence-electron chi connectivity index (χ0n) is 16.6. The molecule has 0 aromatic heterocycles. The molecular formula is C25H27NO2. The van der Waals surface area contributed by atoms with E-state index < -0.39 is 5.97 Å². The van der Waals surface area contributed by atoms with Gasteiger partial charge in [-0.15, -0.1) is 0 Å². The van der Waals surface area contributed by atoms with Crippen molar-refractivity contribution in [3.8, 4) is 0 Å². The van der Waals surface area contributed by atoms with Gasteiger partial charge in [0.1, 0.15) is 0 Å². The van der Waals surface area contributed by atoms with Crippen molar-refractivity contribution < 1.29 is 9.90 Å². The van der Waals surface area contributed by atoms with Gasteiger partial charge in [-0.2, -0.15) is 0 Å². The molecule has 1 N–H and O–H groups in total. The van der Waals surface area contributed by atoms with Gasteiger partial charge < -0.3 is 5.11 Å². The van der Waals surface area contributed by atoms with Crippen LogP contribution in [0.1, 0.15) is 41.1 Å². The van der Waals surface area contributed by atoms with Crippen LogP contribution in [0.4, 0.5) is 0 Å². The van der Waals surface area contributed by atoms with Crippen LogP contribution in [0.15, 0.2) is 60.7 Å². The van der Waals surface area contributed by atoms with E-state index in [1.165, 1.54) is 33.0 Å². The van der Waals surface area contributed by atoms with E-state index in [2.05, 4.69) is 79.4 Å². The lowest BCUT2D eigenvalue weighted by Gasteiger charge is -2.38. The van der Waals surface area contributed by atoms with Crippen LogP contribution in [-0.4, -0.2) is 29.1 Å². The highest BCUT2D eigenvalue weighted by atomic mass is 16.4. The van der Waals surface area contributed by atoms with Crippen molar-refractivity contribution >= 4 is 16.7 Å². The molecule has 1 saturated heterocycles. The Balaban J connectivity index is 1.82. The Morgan fingerprint density at radius 2 is 1.82 bits per heavy atom. The topological polar surface area (TPSA) is 40.5 Å². The number of benzene rings is 3. The van der Waals surface area contributed by atoms with Crippen molar-refractivity contribution in [2.75, 3.05) is 13.1 Å². The van der Waals surface area contributed by atoms with Gasteiger partial charge in [0.05, 0.1) is 12.0 Å². The van der Waals surface area contributed by atoms with Gasteiger partial charge in [0.15, 0.2) is 0 Å². The Morgan fingerprint density at radius 1 is 1.04 bits per heavy atom. The third-order valence-corrected chi connectivity index (χ3v) is 5.99. The third-order valence-electron chi connectivity index (χ3n) is 5.99. The standard InChI is InChI=1S/C25H27NO2/c1-17-9-10-18(2)23(14-17)24(26-13-5-8-22(16-26)25(27)28)21-12-11-19-6-3-4-7-20(19)15-21/h3-4,6-7,9-12,14-15,22,24H,5,8,13,16H2,1-2H3,(H,27,28). The van der Waals surface area contributed by atoms with Gasteiger partial charge in [-0.05, 0) is 66.8 Å². The molecule has 3 aromatic carbocycles. The molecule has 1 aliphatic heterocycles. The summed E-state index contributed by atoms with van der Waals surface area (Å²) >= 11 is 0. The maximum atomic E-state index is 11.7. The summed E-state index contributed by atoms with van der Waals surface area (Å²) in [6.45, 7) is 5.80. The smallest absolute Gasteiger partial charge is 0.307 e. The summed E-state index contributed by atoms with van der Waals surface area (Å²) in [4.78, 5) is 14.0. The van der Waals surface area contributed by atoms with E-state index in [9.17, 15) is 9.90 Å². The SMILES string of the molecule is Cc1ccc(C)c(C(c2ccc3ccccc3c2)N2CCCC(C(=O)O)C2)c1. The Kier molecular flexibility index (Phi) is 5.19. The van der Waals surface area contributed by atoms with E-state index in [1.54, 1.807) is 0 Å². The Hall–Kier alpha value is -2.65. The molecule has 1 aliphatic rings. The molecule has 0 radical (unpaired) electrons. The highest BCUT2D eigenvalue weighted by Crippen LogP contribution is 2.36. The molecule has 0 aliphatic carbocycles. The van der Waals surface area contributed by atoms with Crippen LogP contribution in [0.25, 0.3) is 10.8 Å². The molecule has 0 saturated carbocycles. The number of carboxylic acids is 1. The molecule has 3 heteroatoms. The van der Waals surface area contributed by atoms with Crippen molar-refractivity contribution in [1.29, 1.82) is 0 Å². The van der Waals surface area contributed by atoms with Crippen molar-refractivity contribution in [3.63, 3.8) is 0 Å². The number of nitrogens with zero attached hydrogens (tertiary/aromatic N) is 1. The maximum absolute atomic E-state index is 11.7. The van der Waals surface area contributed by atoms with E-state index in [1.807, 2.05) is 0 Å². The number of fused-ring (bicyclic) bond motifs is 1. The zero-order valence-corrected chi connectivity index (χ0v) is 16.6. The number of aliphatic carboxylic acids is 1. The predicted molar refractivity (Wildman–Crippen MR) is 114 cm³/mol. The highest BCUT2D eigenvalue weighted by Gasteiger charge is 2.32. The number of hydrogen-bond donors (Lipinski definition) is 1. The first-order valence-electron chi connectivity index (χ1n) is 10.1. The third kappa shape index (κ3) is 3.67. The second-order valence-corrected chi connectivity index (χ2v) is 8.04. The van der Waals surface area contributed by atoms with Gasteiger partial charge in [0.2, 0.25) is 0 Å². The van der Waals surface area contributed by atoms with Crippen LogP contribution in [0.2, 0.25) is 0 Å². The fourth-order valence-corrected chi connectivity index (χ4v) is 4.46. The summed E-state index contributed by atoms with van der Waals surface area (Å²) in [6.07, 6.45) is 1.69. The molecule has 144 valence electrons. The van der Waals surface area contributed by atoms with Gasteiger partial charge >= 0.3 is 5.97 Å². The minimum Gasteiger partial charge on any atom is -0.481 e. The monoisotopic (exact) mass is 373 g/mol. The molecule has 3 nitrogen and oxygen atoms in total. The molecule has 0 amide bonds. The average Bonchev–Trinajstić information content (AvgIpc) is 2.71. The van der Waals surface area contributed by atoms with E-state index in [-0.39, 0.29) is 12.0 Å². The summed E-state index contributed by atoms with van der Waals surface area (Å²) in [6, 6.07) is 21.7. The fourth-order valence-electron chi connectivity index (χ4n) is 4.46. The molecule has 2 atom stereocenters. The second-order valence-electron chi connectivity index (χ2n) is 8.04. The quantitative estimate of drug-likeness (QED) is 0.671. The van der Waals surface area contributed by atoms with Crippen LogP contribution in [-0.2, 0) is 4.79 Å². The first kappa shape index (κ1) is 18.7. The molecule has 1 heterocycles. The van der Waals surface area contributed by atoms with E-state index in [0.29, 0.717) is 6.54 Å². The molecule has 4 rings (SSSR count). The van der Waals surface area contributed by atoms with Crippen LogP contribution >= 0.6 is 0 Å². The number of piperidine rings is 1. The van der Waals surface area contributed by atoms with Gasteiger partial charge in [-0.1, -0.05) is 60.2 Å². The normalized spacial score (nSPS) is 18.9. The second kappa shape index (κ2) is 7.76. The molecule has 0 spiro atoms. The Bertz CT molecular complexity index is 1010. The lowest BCUT2D eigenvalue weighted by atomic mass is 9.88. The zero-order chi connectivity index (χ0) is 19.7. The van der Waals surface area contributed by atoms with Crippen molar-refractivity contribution in [2.45, 2.75) is 32.7 Å². The Labute approximate surface area is 166 Å². The van der Waals surface area contributed by atoms with Crippen molar-refractivity contribution in [2.24, 2.45) is 5.92 Å². The average molecular weight is 373 g/mol. The number of carbonyl (C=O) groups is 1. The van der Waals surface area contributed by atoms with Gasteiger partial charge in [-0.3, -0.25) is 9.69 Å². The minimum absolute atomic E-state index is 0.0756. The summed E-state index contributed by atoms with van der Waals surface area (Å²) in [5, 5.41) is 12.0. The number of aryl methyl sites for hydroxylation is 2. The lowest BCUT2D eigenvalue weighted by molar-refractivity contribution is -0.143. The molecule has 0 bridgehead atoms. The van der Waals surface area contributed by atoms with E-state index >= 15 is 0 Å². The lowest BCUT2D eigenvalue weighted by Crippen LogP contribution is -2.41. The molecule has 28 heavy (non-hydrogen) atoms. The van der Waals surface area contributed by atoms with Gasteiger partial charge in [0, 0.05) is 6.54 Å². The van der Waals surface area contributed by atoms with Crippen molar-refractivity contribution in [1.82, 2.24) is 4.90 Å². The summed E-state index contributed by atoms with van der Waals surface area (Å²) < 4.78 is 0. The first-order valence-corrected chi connectivity index (χ1v) is 10.1. The Morgan fingerprint density at radius 3 is 2.61 bits per heavy atom. The molecule has 3 aromatic rings. The van der Waals surface area contributed by atoms with Crippen LogP contribution in [0, 0.1) is 19.8 Å². The molecule has 2 unspecified atom stereocenters. The summed E-state index contributed by atoms with van der Waals surface area (Å²) in [7, 11) is 0. The number of carboxylic acid groups (broad SMARTS) is 1. The largest absolute Gasteiger partial charge is 0.481 e. The fraction of sp³-hybridized carbons (Fsp3) is 0.320. The number of hydrogen-bond acceptors (Lipinski definition) is 2. The van der Waals surface area contributed by atoms with Crippen LogP contribution in [0.5, 0.6) is 0 Å². The molecule has 1 fully saturated rings. The van der Waals surface area contributed by atoms with Gasteiger partial charge in [0.25, 0.3) is 0 Å². The number of rotatable bonds is 4. The van der Waals surface area contributed by atoms with Gasteiger partial charge in [-0.25, -0.2) is 0 Å². The molecular weight excluding hydrogens is 346 g/mol. The van der Waals surface area contributed by atoms with Crippen molar-refractivity contribution in [3.05, 3.63) is 82.9 Å². The summed E-state index contributed by atoms with van der Waals surface area (Å²) in [5.41, 5.74) is 5.00. The first-order chi connectivity index (χ1) is 13.5. The van der Waals surface area contributed by atoms with E-state index in [4.69, 9.17) is 0 Å². The number of likely N-dealkylation sites (tertiary alicyclic amines) is 1. The highest BCUT2D eigenvalue weighted by molar-refractivity contribution is 5.83. The van der Waals surface area contributed by atoms with Crippen LogP contribution in [0.3, 0.4) is 0 Å². The summed E-state index contributed by atoms with van der Waals surface area (Å²) in [5.74, 6) is -0.968. The van der Waals surface area contributed by atoms with Crippen LogP contribution < -0.4 is 0 Å². The predicted octanol–water partition coefficient (Wildman–Crippen LogP) is 5.34. The van der Waals surface area contributed by atoms with E-state index in [0.717, 1.165) is 19.4 Å². The maximum Gasteiger partial charge on any atom is 0.307 e. The minimum atomic E-state index is -0.678.